The third kappa shape index (κ3) is 4.93. The Hall–Kier alpha value is -4.14. The molecular formula is C25H27N7O2. The van der Waals surface area contributed by atoms with Crippen molar-refractivity contribution in [1.29, 1.82) is 0 Å². The van der Waals surface area contributed by atoms with Crippen LogP contribution in [0.1, 0.15) is 41.0 Å². The molecule has 0 saturated heterocycles. The molecule has 34 heavy (non-hydrogen) atoms. The predicted molar refractivity (Wildman–Crippen MR) is 130 cm³/mol. The zero-order valence-corrected chi connectivity index (χ0v) is 19.9. The molecule has 0 radical (unpaired) electrons. The third-order valence-electron chi connectivity index (χ3n) is 5.52. The summed E-state index contributed by atoms with van der Waals surface area (Å²) in [5.41, 5.74) is 5.97. The average Bonchev–Trinajstić information content (AvgIpc) is 3.06. The summed E-state index contributed by atoms with van der Waals surface area (Å²) in [6.45, 7) is 9.55. The molecule has 1 aromatic carbocycles. The normalized spacial score (nSPS) is 11.0. The number of aryl methyl sites for hydroxylation is 4. The minimum Gasteiger partial charge on any atom is -0.326 e. The van der Waals surface area contributed by atoms with Crippen molar-refractivity contribution in [2.24, 2.45) is 0 Å². The monoisotopic (exact) mass is 457 g/mol. The second-order valence-electron chi connectivity index (χ2n) is 8.26. The van der Waals surface area contributed by atoms with Gasteiger partial charge in [0.25, 0.3) is 11.5 Å². The van der Waals surface area contributed by atoms with E-state index in [0.717, 1.165) is 33.9 Å². The van der Waals surface area contributed by atoms with E-state index in [-0.39, 0.29) is 17.9 Å². The van der Waals surface area contributed by atoms with Crippen molar-refractivity contribution in [2.75, 3.05) is 5.32 Å². The standard InChI is InChI=1S/C25H27N7O2/c1-6-19-12-22(33)30-24(29-19)18-8-7-9-20(11-18)28-23(34)13-21-16(4)31-32(17(21)5)25-26-14(2)10-15(3)27-25/h7-12H,6,13H2,1-5H3,(H,28,34)(H,29,30,33). The van der Waals surface area contributed by atoms with Crippen molar-refractivity contribution in [2.45, 2.75) is 47.5 Å². The van der Waals surface area contributed by atoms with Gasteiger partial charge in [0.2, 0.25) is 5.91 Å². The molecule has 3 aromatic heterocycles. The van der Waals surface area contributed by atoms with Gasteiger partial charge < -0.3 is 10.3 Å². The number of amides is 1. The van der Waals surface area contributed by atoms with Gasteiger partial charge in [0.1, 0.15) is 5.82 Å². The molecule has 9 heteroatoms. The molecule has 0 unspecified atom stereocenters. The highest BCUT2D eigenvalue weighted by Gasteiger charge is 2.18. The van der Waals surface area contributed by atoms with Gasteiger partial charge >= 0.3 is 0 Å². The molecule has 9 nitrogen and oxygen atoms in total. The average molecular weight is 458 g/mol. The van der Waals surface area contributed by atoms with Crippen molar-refractivity contribution in [3.63, 3.8) is 0 Å². The fraction of sp³-hybridized carbons (Fsp3) is 0.280. The summed E-state index contributed by atoms with van der Waals surface area (Å²) in [5.74, 6) is 0.795. The summed E-state index contributed by atoms with van der Waals surface area (Å²) < 4.78 is 1.68. The summed E-state index contributed by atoms with van der Waals surface area (Å²) in [5, 5.41) is 7.51. The van der Waals surface area contributed by atoms with E-state index < -0.39 is 0 Å². The first-order valence-electron chi connectivity index (χ1n) is 11.1. The molecule has 0 spiro atoms. The Labute approximate surface area is 197 Å². The fourth-order valence-electron chi connectivity index (χ4n) is 3.86. The maximum atomic E-state index is 12.9. The van der Waals surface area contributed by atoms with E-state index in [2.05, 4.69) is 30.4 Å². The molecule has 1 amide bonds. The molecule has 3 heterocycles. The maximum Gasteiger partial charge on any atom is 0.251 e. The Morgan fingerprint density at radius 3 is 2.47 bits per heavy atom. The van der Waals surface area contributed by atoms with E-state index in [1.807, 2.05) is 52.8 Å². The number of nitrogens with one attached hydrogen (secondary N) is 2. The highest BCUT2D eigenvalue weighted by Crippen LogP contribution is 2.21. The smallest absolute Gasteiger partial charge is 0.251 e. The lowest BCUT2D eigenvalue weighted by Crippen LogP contribution is -2.16. The molecule has 0 saturated carbocycles. The summed E-state index contributed by atoms with van der Waals surface area (Å²) in [7, 11) is 0. The van der Waals surface area contributed by atoms with Crippen molar-refractivity contribution in [3.8, 4) is 17.3 Å². The third-order valence-corrected chi connectivity index (χ3v) is 5.52. The van der Waals surface area contributed by atoms with Gasteiger partial charge in [0.05, 0.1) is 12.1 Å². The van der Waals surface area contributed by atoms with Crippen LogP contribution in [0.2, 0.25) is 0 Å². The summed E-state index contributed by atoms with van der Waals surface area (Å²) in [4.78, 5) is 41.0. The van der Waals surface area contributed by atoms with Crippen molar-refractivity contribution in [1.82, 2.24) is 29.7 Å². The van der Waals surface area contributed by atoms with Gasteiger partial charge in [-0.3, -0.25) is 9.59 Å². The predicted octanol–water partition coefficient (Wildman–Crippen LogP) is 3.39. The Morgan fingerprint density at radius 2 is 1.76 bits per heavy atom. The van der Waals surface area contributed by atoms with Crippen LogP contribution in [0.3, 0.4) is 0 Å². The molecule has 0 aliphatic carbocycles. The Bertz CT molecular complexity index is 1420. The second-order valence-corrected chi connectivity index (χ2v) is 8.26. The van der Waals surface area contributed by atoms with E-state index in [0.29, 0.717) is 29.6 Å². The van der Waals surface area contributed by atoms with Gasteiger partial charge in [0, 0.05) is 45.7 Å². The molecule has 0 aliphatic heterocycles. The van der Waals surface area contributed by atoms with E-state index in [4.69, 9.17) is 0 Å². The zero-order chi connectivity index (χ0) is 24.4. The molecule has 0 atom stereocenters. The van der Waals surface area contributed by atoms with Crippen LogP contribution >= 0.6 is 0 Å². The van der Waals surface area contributed by atoms with Crippen LogP contribution in [-0.4, -0.2) is 35.6 Å². The van der Waals surface area contributed by atoms with E-state index in [1.165, 1.54) is 6.07 Å². The van der Waals surface area contributed by atoms with Gasteiger partial charge in [0.15, 0.2) is 0 Å². The van der Waals surface area contributed by atoms with Crippen LogP contribution in [0.15, 0.2) is 41.2 Å². The number of aromatic amines is 1. The minimum absolute atomic E-state index is 0.160. The molecule has 4 aromatic rings. The Morgan fingerprint density at radius 1 is 1.03 bits per heavy atom. The molecule has 0 aliphatic rings. The molecule has 174 valence electrons. The summed E-state index contributed by atoms with van der Waals surface area (Å²) in [6, 6.07) is 10.6. The van der Waals surface area contributed by atoms with Crippen LogP contribution in [0.5, 0.6) is 0 Å². The van der Waals surface area contributed by atoms with Gasteiger partial charge in [-0.2, -0.15) is 5.10 Å². The SMILES string of the molecule is CCc1cc(=O)[nH]c(-c2cccc(NC(=O)Cc3c(C)nn(-c4nc(C)cc(C)n4)c3C)c2)n1. The van der Waals surface area contributed by atoms with Crippen LogP contribution < -0.4 is 10.9 Å². The summed E-state index contributed by atoms with van der Waals surface area (Å²) in [6.07, 6.45) is 0.819. The van der Waals surface area contributed by atoms with Gasteiger partial charge in [-0.15, -0.1) is 0 Å². The summed E-state index contributed by atoms with van der Waals surface area (Å²) >= 11 is 0. The minimum atomic E-state index is -0.202. The number of carbonyl (C=O) groups is 1. The number of H-pyrrole nitrogens is 1. The number of hydrogen-bond acceptors (Lipinski definition) is 6. The van der Waals surface area contributed by atoms with Crippen molar-refractivity contribution >= 4 is 11.6 Å². The number of benzene rings is 1. The molecule has 0 bridgehead atoms. The molecule has 4 rings (SSSR count). The Balaban J connectivity index is 1.55. The fourth-order valence-corrected chi connectivity index (χ4v) is 3.86. The lowest BCUT2D eigenvalue weighted by molar-refractivity contribution is -0.115. The maximum absolute atomic E-state index is 12.9. The number of rotatable bonds is 6. The number of anilines is 1. The van der Waals surface area contributed by atoms with E-state index >= 15 is 0 Å². The lowest BCUT2D eigenvalue weighted by Gasteiger charge is -2.09. The lowest BCUT2D eigenvalue weighted by atomic mass is 10.1. The number of aromatic nitrogens is 6. The highest BCUT2D eigenvalue weighted by atomic mass is 16.1. The van der Waals surface area contributed by atoms with Crippen molar-refractivity contribution < 1.29 is 4.79 Å². The second kappa shape index (κ2) is 9.38. The van der Waals surface area contributed by atoms with E-state index in [9.17, 15) is 9.59 Å². The molecular weight excluding hydrogens is 430 g/mol. The van der Waals surface area contributed by atoms with E-state index in [1.54, 1.807) is 16.8 Å². The number of carbonyl (C=O) groups excluding carboxylic acids is 1. The van der Waals surface area contributed by atoms with Crippen LogP contribution in [0.4, 0.5) is 5.69 Å². The quantitative estimate of drug-likeness (QED) is 0.458. The first kappa shape index (κ1) is 23.0. The first-order valence-corrected chi connectivity index (χ1v) is 11.1. The van der Waals surface area contributed by atoms with Crippen LogP contribution in [0.25, 0.3) is 17.3 Å². The van der Waals surface area contributed by atoms with Gasteiger partial charge in [-0.05, 0) is 52.3 Å². The van der Waals surface area contributed by atoms with Crippen LogP contribution in [0, 0.1) is 27.7 Å². The van der Waals surface area contributed by atoms with Gasteiger partial charge in [-0.1, -0.05) is 19.1 Å². The number of nitrogens with zero attached hydrogens (tertiary/aromatic N) is 5. The largest absolute Gasteiger partial charge is 0.326 e. The van der Waals surface area contributed by atoms with Crippen LogP contribution in [-0.2, 0) is 17.6 Å². The topological polar surface area (TPSA) is 118 Å². The highest BCUT2D eigenvalue weighted by molar-refractivity contribution is 5.93. The Kier molecular flexibility index (Phi) is 6.36. The zero-order valence-electron chi connectivity index (χ0n) is 19.9. The number of hydrogen-bond donors (Lipinski definition) is 2. The molecule has 0 fully saturated rings. The van der Waals surface area contributed by atoms with Gasteiger partial charge in [-0.25, -0.2) is 19.6 Å². The molecule has 2 N–H and O–H groups in total. The van der Waals surface area contributed by atoms with Crippen molar-refractivity contribution in [3.05, 3.63) is 80.8 Å². The first-order chi connectivity index (χ1) is 16.2.